The van der Waals surface area contributed by atoms with E-state index >= 15 is 0 Å². The summed E-state index contributed by atoms with van der Waals surface area (Å²) in [5.41, 5.74) is -1.66. The van der Waals surface area contributed by atoms with Gasteiger partial charge in [-0.3, -0.25) is 14.9 Å². The standard InChI is InChI=1S/C26H45N5O4/c1-17(32)30-23(3,4)13-19(14-24(30,5)6)28-11-12-29(22(35)27-21(28)34)20-15-25(7,8)31(18(2)33)26(9,10)16-20/h19-20H,11-16H2,1-10H3,(H,27,34,35). The van der Waals surface area contributed by atoms with Gasteiger partial charge in [-0.05, 0) is 81.1 Å². The zero-order valence-corrected chi connectivity index (χ0v) is 23.3. The second-order valence-electron chi connectivity index (χ2n) is 13.2. The maximum absolute atomic E-state index is 13.2. The first-order chi connectivity index (χ1) is 15.8. The molecule has 0 aromatic rings. The van der Waals surface area contributed by atoms with Crippen molar-refractivity contribution in [1.82, 2.24) is 24.9 Å². The molecule has 6 amide bonds. The monoisotopic (exact) mass is 491 g/mol. The number of amides is 6. The van der Waals surface area contributed by atoms with Crippen LogP contribution in [0.2, 0.25) is 0 Å². The molecule has 0 atom stereocenters. The Bertz CT molecular complexity index is 801. The van der Waals surface area contributed by atoms with Gasteiger partial charge in [0.2, 0.25) is 11.8 Å². The second-order valence-corrected chi connectivity index (χ2v) is 13.2. The Morgan fingerprint density at radius 2 is 0.886 bits per heavy atom. The minimum atomic E-state index is -0.415. The van der Waals surface area contributed by atoms with Crippen LogP contribution in [-0.4, -0.2) is 90.8 Å². The Morgan fingerprint density at radius 3 is 1.11 bits per heavy atom. The smallest absolute Gasteiger partial charge is 0.325 e. The van der Waals surface area contributed by atoms with E-state index in [9.17, 15) is 19.2 Å². The highest BCUT2D eigenvalue weighted by molar-refractivity contribution is 5.94. The van der Waals surface area contributed by atoms with E-state index in [0.29, 0.717) is 38.8 Å². The van der Waals surface area contributed by atoms with E-state index < -0.39 is 22.2 Å². The van der Waals surface area contributed by atoms with Crippen LogP contribution in [0.1, 0.15) is 94.9 Å². The molecule has 3 heterocycles. The van der Waals surface area contributed by atoms with Gasteiger partial charge >= 0.3 is 12.1 Å². The van der Waals surface area contributed by atoms with Crippen molar-refractivity contribution in [2.45, 2.75) is 129 Å². The fourth-order valence-electron chi connectivity index (χ4n) is 7.95. The molecule has 3 fully saturated rings. The summed E-state index contributed by atoms with van der Waals surface area (Å²) in [5, 5.41) is 2.63. The predicted molar refractivity (Wildman–Crippen MR) is 135 cm³/mol. The third kappa shape index (κ3) is 5.00. The van der Waals surface area contributed by atoms with Gasteiger partial charge in [-0.25, -0.2) is 9.59 Å². The number of carbonyl (C=O) groups is 4. The normalized spacial score (nSPS) is 26.9. The van der Waals surface area contributed by atoms with Crippen molar-refractivity contribution < 1.29 is 19.2 Å². The Morgan fingerprint density at radius 1 is 0.629 bits per heavy atom. The average molecular weight is 492 g/mol. The minimum Gasteiger partial charge on any atom is -0.333 e. The largest absolute Gasteiger partial charge is 0.333 e. The molecule has 3 aliphatic heterocycles. The molecule has 0 aliphatic carbocycles. The molecule has 1 N–H and O–H groups in total. The number of likely N-dealkylation sites (tertiary alicyclic amines) is 2. The van der Waals surface area contributed by atoms with Crippen LogP contribution in [0.5, 0.6) is 0 Å². The van der Waals surface area contributed by atoms with E-state index in [0.717, 1.165) is 0 Å². The highest BCUT2D eigenvalue weighted by Gasteiger charge is 2.51. The summed E-state index contributed by atoms with van der Waals surface area (Å²) < 4.78 is 0. The molecule has 3 saturated heterocycles. The van der Waals surface area contributed by atoms with Crippen molar-refractivity contribution >= 4 is 23.9 Å². The van der Waals surface area contributed by atoms with E-state index in [1.165, 1.54) is 0 Å². The molecule has 0 aromatic heterocycles. The van der Waals surface area contributed by atoms with Gasteiger partial charge in [-0.15, -0.1) is 0 Å². The molecule has 0 bridgehead atoms. The molecule has 0 unspecified atom stereocenters. The number of imide groups is 1. The first kappa shape index (κ1) is 27.3. The van der Waals surface area contributed by atoms with Crippen molar-refractivity contribution in [1.29, 1.82) is 0 Å². The van der Waals surface area contributed by atoms with E-state index in [2.05, 4.69) is 5.32 Å². The Labute approximate surface area is 210 Å². The number of nitrogens with one attached hydrogen (secondary N) is 1. The maximum atomic E-state index is 13.2. The number of nitrogens with zero attached hydrogens (tertiary/aromatic N) is 4. The summed E-state index contributed by atoms with van der Waals surface area (Å²) in [5.74, 6) is 0.0597. The van der Waals surface area contributed by atoms with Crippen molar-refractivity contribution in [2.24, 2.45) is 0 Å². The van der Waals surface area contributed by atoms with Gasteiger partial charge in [0, 0.05) is 61.2 Å². The van der Waals surface area contributed by atoms with Crippen LogP contribution in [0.25, 0.3) is 0 Å². The summed E-state index contributed by atoms with van der Waals surface area (Å²) >= 11 is 0. The van der Waals surface area contributed by atoms with Crippen LogP contribution in [0.15, 0.2) is 0 Å². The minimum absolute atomic E-state index is 0.0299. The zero-order chi connectivity index (χ0) is 26.7. The lowest BCUT2D eigenvalue weighted by Gasteiger charge is -2.57. The van der Waals surface area contributed by atoms with Gasteiger partial charge in [0.1, 0.15) is 0 Å². The van der Waals surface area contributed by atoms with Crippen LogP contribution in [-0.2, 0) is 9.59 Å². The zero-order valence-electron chi connectivity index (χ0n) is 23.3. The number of urea groups is 2. The first-order valence-electron chi connectivity index (χ1n) is 12.8. The fraction of sp³-hybridized carbons (Fsp3) is 0.846. The molecular weight excluding hydrogens is 446 g/mol. The van der Waals surface area contributed by atoms with Gasteiger partial charge in [-0.2, -0.15) is 0 Å². The van der Waals surface area contributed by atoms with Crippen LogP contribution in [0.4, 0.5) is 9.59 Å². The first-order valence-corrected chi connectivity index (χ1v) is 12.8. The molecular formula is C26H45N5O4. The van der Waals surface area contributed by atoms with Gasteiger partial charge in [0.25, 0.3) is 0 Å². The molecule has 0 spiro atoms. The van der Waals surface area contributed by atoms with E-state index in [1.807, 2.05) is 65.2 Å². The van der Waals surface area contributed by atoms with Gasteiger partial charge in [0.15, 0.2) is 0 Å². The highest BCUT2D eigenvalue weighted by atomic mass is 16.2. The summed E-state index contributed by atoms with van der Waals surface area (Å²) in [6.45, 7) is 20.4. The van der Waals surface area contributed by atoms with Crippen molar-refractivity contribution in [2.75, 3.05) is 13.1 Å². The van der Waals surface area contributed by atoms with Crippen molar-refractivity contribution in [3.05, 3.63) is 0 Å². The molecule has 0 radical (unpaired) electrons. The Kier molecular flexibility index (Phi) is 6.75. The topological polar surface area (TPSA) is 93.3 Å². The fourth-order valence-corrected chi connectivity index (χ4v) is 7.95. The number of piperidine rings is 2. The van der Waals surface area contributed by atoms with Crippen LogP contribution >= 0.6 is 0 Å². The molecule has 198 valence electrons. The summed E-state index contributed by atoms with van der Waals surface area (Å²) in [4.78, 5) is 58.7. The Hall–Kier alpha value is -2.32. The third-order valence-electron chi connectivity index (χ3n) is 8.19. The van der Waals surface area contributed by atoms with Gasteiger partial charge < -0.3 is 19.6 Å². The Balaban J connectivity index is 1.82. The van der Waals surface area contributed by atoms with Crippen molar-refractivity contribution in [3.63, 3.8) is 0 Å². The molecule has 9 heteroatoms. The number of hydrogen-bond acceptors (Lipinski definition) is 4. The SMILES string of the molecule is CC(=O)N1C(C)(C)CC(N2CCN(C3CC(C)(C)N(C(C)=O)C(C)(C)C3)C(=O)NC2=O)CC1(C)C. The van der Waals surface area contributed by atoms with E-state index in [1.54, 1.807) is 23.6 Å². The molecule has 0 aromatic carbocycles. The highest BCUT2D eigenvalue weighted by Crippen LogP contribution is 2.42. The quantitative estimate of drug-likeness (QED) is 0.639. The maximum Gasteiger partial charge on any atom is 0.325 e. The number of hydrogen-bond donors (Lipinski definition) is 1. The third-order valence-corrected chi connectivity index (χ3v) is 8.19. The average Bonchev–Trinajstić information content (AvgIpc) is 2.73. The second kappa shape index (κ2) is 8.66. The molecule has 3 aliphatic rings. The van der Waals surface area contributed by atoms with Crippen molar-refractivity contribution in [3.8, 4) is 0 Å². The van der Waals surface area contributed by atoms with E-state index in [4.69, 9.17) is 0 Å². The number of rotatable bonds is 2. The van der Waals surface area contributed by atoms with E-state index in [-0.39, 0.29) is 36.0 Å². The van der Waals surface area contributed by atoms with Crippen LogP contribution < -0.4 is 5.32 Å². The number of carbonyl (C=O) groups excluding carboxylic acids is 4. The van der Waals surface area contributed by atoms with Gasteiger partial charge in [0.05, 0.1) is 0 Å². The lowest BCUT2D eigenvalue weighted by atomic mass is 9.76. The summed E-state index contributed by atoms with van der Waals surface area (Å²) in [7, 11) is 0. The molecule has 0 saturated carbocycles. The molecule has 3 rings (SSSR count). The van der Waals surface area contributed by atoms with Crippen LogP contribution in [0, 0.1) is 0 Å². The summed E-state index contributed by atoms with van der Waals surface area (Å²) in [6.07, 6.45) is 2.59. The lowest BCUT2D eigenvalue weighted by Crippen LogP contribution is -2.66. The molecule has 35 heavy (non-hydrogen) atoms. The van der Waals surface area contributed by atoms with Gasteiger partial charge in [-0.1, -0.05) is 0 Å². The van der Waals surface area contributed by atoms with Crippen LogP contribution in [0.3, 0.4) is 0 Å². The lowest BCUT2D eigenvalue weighted by molar-refractivity contribution is -0.151. The summed E-state index contributed by atoms with van der Waals surface area (Å²) in [6, 6.07) is -0.915. The molecule has 9 nitrogen and oxygen atoms in total. The predicted octanol–water partition coefficient (Wildman–Crippen LogP) is 3.57.